The lowest BCUT2D eigenvalue weighted by atomic mass is 9.99. The van der Waals surface area contributed by atoms with Crippen LogP contribution in [0.3, 0.4) is 0 Å². The molecule has 0 bridgehead atoms. The van der Waals surface area contributed by atoms with Crippen LogP contribution in [0.4, 0.5) is 5.95 Å². The lowest BCUT2D eigenvalue weighted by Crippen LogP contribution is -2.31. The SMILES string of the molecule is COCc1ccc(C(=O)N2CCCC2c2nc(N(C)C)ncc2-c2cccc(OC)c2)cc1. The number of hydrogen-bond donors (Lipinski definition) is 0. The Morgan fingerprint density at radius 1 is 1.15 bits per heavy atom. The summed E-state index contributed by atoms with van der Waals surface area (Å²) >= 11 is 0. The van der Waals surface area contributed by atoms with Crippen molar-refractivity contribution >= 4 is 11.9 Å². The number of carbonyl (C=O) groups is 1. The van der Waals surface area contributed by atoms with Gasteiger partial charge in [0, 0.05) is 45.1 Å². The number of anilines is 1. The summed E-state index contributed by atoms with van der Waals surface area (Å²) in [6.45, 7) is 1.22. The highest BCUT2D eigenvalue weighted by Gasteiger charge is 2.34. The molecule has 0 saturated carbocycles. The summed E-state index contributed by atoms with van der Waals surface area (Å²) in [6, 6.07) is 15.4. The van der Waals surface area contributed by atoms with Gasteiger partial charge in [0.15, 0.2) is 0 Å². The fourth-order valence-electron chi connectivity index (χ4n) is 4.24. The molecule has 2 heterocycles. The van der Waals surface area contributed by atoms with Gasteiger partial charge in [-0.2, -0.15) is 0 Å². The number of rotatable bonds is 7. The van der Waals surface area contributed by atoms with Crippen LogP contribution in [0.25, 0.3) is 11.1 Å². The van der Waals surface area contributed by atoms with Gasteiger partial charge in [-0.05, 0) is 48.2 Å². The highest BCUT2D eigenvalue weighted by molar-refractivity contribution is 5.94. The van der Waals surface area contributed by atoms with Gasteiger partial charge in [-0.15, -0.1) is 0 Å². The zero-order valence-electron chi connectivity index (χ0n) is 19.6. The van der Waals surface area contributed by atoms with E-state index in [2.05, 4.69) is 4.98 Å². The number of hydrogen-bond acceptors (Lipinski definition) is 6. The van der Waals surface area contributed by atoms with Gasteiger partial charge in [-0.1, -0.05) is 24.3 Å². The molecule has 1 amide bonds. The first-order valence-corrected chi connectivity index (χ1v) is 11.1. The van der Waals surface area contributed by atoms with Gasteiger partial charge in [-0.3, -0.25) is 4.79 Å². The van der Waals surface area contributed by atoms with Crippen molar-refractivity contribution in [2.45, 2.75) is 25.5 Å². The summed E-state index contributed by atoms with van der Waals surface area (Å²) in [7, 11) is 7.16. The molecule has 0 spiro atoms. The number of amides is 1. The third kappa shape index (κ3) is 4.83. The van der Waals surface area contributed by atoms with Crippen molar-refractivity contribution in [1.29, 1.82) is 0 Å². The van der Waals surface area contributed by atoms with Crippen LogP contribution in [0.1, 0.15) is 40.5 Å². The summed E-state index contributed by atoms with van der Waals surface area (Å²) < 4.78 is 10.6. The molecular weight excluding hydrogens is 416 g/mol. The molecule has 1 saturated heterocycles. The Morgan fingerprint density at radius 3 is 2.64 bits per heavy atom. The molecule has 1 unspecified atom stereocenters. The smallest absolute Gasteiger partial charge is 0.254 e. The second-order valence-corrected chi connectivity index (χ2v) is 8.38. The molecule has 3 aromatic rings. The van der Waals surface area contributed by atoms with E-state index in [9.17, 15) is 4.79 Å². The summed E-state index contributed by atoms with van der Waals surface area (Å²) in [4.78, 5) is 26.8. The maximum Gasteiger partial charge on any atom is 0.254 e. The number of benzene rings is 2. The lowest BCUT2D eigenvalue weighted by molar-refractivity contribution is 0.0733. The van der Waals surface area contributed by atoms with Gasteiger partial charge in [0.25, 0.3) is 5.91 Å². The number of methoxy groups -OCH3 is 2. The molecule has 1 atom stereocenters. The van der Waals surface area contributed by atoms with E-state index < -0.39 is 0 Å². The Bertz CT molecular complexity index is 1110. The van der Waals surface area contributed by atoms with Crippen LogP contribution in [0.2, 0.25) is 0 Å². The minimum absolute atomic E-state index is 0.0167. The van der Waals surface area contributed by atoms with Crippen LogP contribution < -0.4 is 9.64 Å². The molecule has 4 rings (SSSR count). The summed E-state index contributed by atoms with van der Waals surface area (Å²) in [5.74, 6) is 1.41. The van der Waals surface area contributed by atoms with Crippen LogP contribution in [0, 0.1) is 0 Å². The maximum absolute atomic E-state index is 13.5. The number of nitrogens with zero attached hydrogens (tertiary/aromatic N) is 4. The second-order valence-electron chi connectivity index (χ2n) is 8.38. The molecule has 1 aliphatic rings. The highest BCUT2D eigenvalue weighted by Crippen LogP contribution is 2.38. The van der Waals surface area contributed by atoms with Gasteiger partial charge in [0.05, 0.1) is 25.5 Å². The van der Waals surface area contributed by atoms with Gasteiger partial charge >= 0.3 is 0 Å². The monoisotopic (exact) mass is 446 g/mol. The Balaban J connectivity index is 1.72. The normalized spacial score (nSPS) is 15.5. The fraction of sp³-hybridized carbons (Fsp3) is 0.346. The predicted molar refractivity (Wildman–Crippen MR) is 129 cm³/mol. The molecule has 0 radical (unpaired) electrons. The molecule has 2 aromatic carbocycles. The standard InChI is InChI=1S/C26H30N4O3/c1-29(2)26-27-16-22(20-7-5-8-21(15-20)33-4)24(28-26)23-9-6-14-30(23)25(31)19-12-10-18(11-13-19)17-32-3/h5,7-8,10-13,15-16,23H,6,9,14,17H2,1-4H3. The van der Waals surface area contributed by atoms with Crippen molar-refractivity contribution in [2.75, 3.05) is 39.8 Å². The Hall–Kier alpha value is -3.45. The first kappa shape index (κ1) is 22.7. The third-order valence-electron chi connectivity index (χ3n) is 5.93. The van der Waals surface area contributed by atoms with Crippen molar-refractivity contribution in [3.8, 4) is 16.9 Å². The first-order chi connectivity index (χ1) is 16.0. The van der Waals surface area contributed by atoms with Crippen molar-refractivity contribution < 1.29 is 14.3 Å². The largest absolute Gasteiger partial charge is 0.497 e. The zero-order chi connectivity index (χ0) is 23.4. The van der Waals surface area contributed by atoms with Crippen LogP contribution in [0.5, 0.6) is 5.75 Å². The van der Waals surface area contributed by atoms with E-state index in [-0.39, 0.29) is 11.9 Å². The molecule has 172 valence electrons. The average molecular weight is 447 g/mol. The van der Waals surface area contributed by atoms with E-state index in [0.717, 1.165) is 41.0 Å². The minimum Gasteiger partial charge on any atom is -0.497 e. The van der Waals surface area contributed by atoms with E-state index in [4.69, 9.17) is 14.5 Å². The number of ether oxygens (including phenoxy) is 2. The summed E-state index contributed by atoms with van der Waals surface area (Å²) in [6.07, 6.45) is 3.64. The zero-order valence-corrected chi connectivity index (χ0v) is 19.6. The molecule has 33 heavy (non-hydrogen) atoms. The van der Waals surface area contributed by atoms with Crippen molar-refractivity contribution in [3.63, 3.8) is 0 Å². The first-order valence-electron chi connectivity index (χ1n) is 11.1. The summed E-state index contributed by atoms with van der Waals surface area (Å²) in [5, 5.41) is 0. The van der Waals surface area contributed by atoms with Crippen LogP contribution in [0.15, 0.2) is 54.7 Å². The van der Waals surface area contributed by atoms with E-state index in [1.807, 2.05) is 78.6 Å². The Labute approximate surface area is 195 Å². The number of aromatic nitrogens is 2. The number of likely N-dealkylation sites (tertiary alicyclic amines) is 1. The molecule has 1 aromatic heterocycles. The van der Waals surface area contributed by atoms with Gasteiger partial charge in [-0.25, -0.2) is 9.97 Å². The van der Waals surface area contributed by atoms with Gasteiger partial charge in [0.2, 0.25) is 5.95 Å². The molecule has 0 N–H and O–H groups in total. The van der Waals surface area contributed by atoms with Crippen LogP contribution >= 0.6 is 0 Å². The molecule has 1 aliphatic heterocycles. The van der Waals surface area contributed by atoms with Gasteiger partial charge in [0.1, 0.15) is 5.75 Å². The predicted octanol–water partition coefficient (Wildman–Crippen LogP) is 4.34. The van der Waals surface area contributed by atoms with E-state index in [1.165, 1.54) is 0 Å². The van der Waals surface area contributed by atoms with Crippen LogP contribution in [-0.2, 0) is 11.3 Å². The molecule has 7 nitrogen and oxygen atoms in total. The van der Waals surface area contributed by atoms with Crippen LogP contribution in [-0.4, -0.2) is 55.6 Å². The lowest BCUT2D eigenvalue weighted by Gasteiger charge is -2.27. The Morgan fingerprint density at radius 2 is 1.94 bits per heavy atom. The van der Waals surface area contributed by atoms with Crippen molar-refractivity contribution in [1.82, 2.24) is 14.9 Å². The second kappa shape index (κ2) is 10.0. The molecule has 1 fully saturated rings. The topological polar surface area (TPSA) is 67.8 Å². The van der Waals surface area contributed by atoms with Gasteiger partial charge < -0.3 is 19.3 Å². The maximum atomic E-state index is 13.5. The van der Waals surface area contributed by atoms with E-state index >= 15 is 0 Å². The molecule has 0 aliphatic carbocycles. The Kier molecular flexibility index (Phi) is 6.89. The van der Waals surface area contributed by atoms with E-state index in [0.29, 0.717) is 24.7 Å². The third-order valence-corrected chi connectivity index (χ3v) is 5.93. The highest BCUT2D eigenvalue weighted by atomic mass is 16.5. The molecule has 7 heteroatoms. The molecular formula is C26H30N4O3. The van der Waals surface area contributed by atoms with Crippen molar-refractivity contribution in [3.05, 3.63) is 71.5 Å². The average Bonchev–Trinajstić information content (AvgIpc) is 3.34. The van der Waals surface area contributed by atoms with Crippen molar-refractivity contribution in [2.24, 2.45) is 0 Å². The quantitative estimate of drug-likeness (QED) is 0.538. The minimum atomic E-state index is -0.126. The summed E-state index contributed by atoms with van der Waals surface area (Å²) in [5.41, 5.74) is 4.46. The van der Waals surface area contributed by atoms with E-state index in [1.54, 1.807) is 14.2 Å². The number of carbonyl (C=O) groups excluding carboxylic acids is 1. The fourth-order valence-corrected chi connectivity index (χ4v) is 4.24.